The van der Waals surface area contributed by atoms with E-state index in [1.807, 2.05) is 19.2 Å². The van der Waals surface area contributed by atoms with Crippen molar-refractivity contribution in [2.75, 3.05) is 13.6 Å². The zero-order valence-electron chi connectivity index (χ0n) is 7.35. The number of hydrogen-bond acceptors (Lipinski definition) is 2. The highest BCUT2D eigenvalue weighted by Gasteiger charge is 2.07. The number of nitrogens with one attached hydrogen (secondary N) is 1. The second-order valence-corrected chi connectivity index (χ2v) is 3.56. The summed E-state index contributed by atoms with van der Waals surface area (Å²) in [6.45, 7) is 0.536. The van der Waals surface area contributed by atoms with Crippen LogP contribution < -0.4 is 11.1 Å². The molecule has 2 nitrogen and oxygen atoms in total. The maximum Gasteiger partial charge on any atom is 0.0595 e. The summed E-state index contributed by atoms with van der Waals surface area (Å²) < 4.78 is 0. The predicted octanol–water partition coefficient (Wildman–Crippen LogP) is 2.21. The Morgan fingerprint density at radius 3 is 2.54 bits per heavy atom. The third-order valence-corrected chi connectivity index (χ3v) is 2.67. The van der Waals surface area contributed by atoms with E-state index in [1.54, 1.807) is 6.07 Å². The van der Waals surface area contributed by atoms with Crippen LogP contribution in [0.25, 0.3) is 0 Å². The molecule has 0 bridgehead atoms. The highest BCUT2D eigenvalue weighted by Crippen LogP contribution is 2.25. The van der Waals surface area contributed by atoms with Gasteiger partial charge in [-0.15, -0.1) is 0 Å². The molecule has 13 heavy (non-hydrogen) atoms. The van der Waals surface area contributed by atoms with E-state index in [0.717, 1.165) is 5.56 Å². The van der Waals surface area contributed by atoms with E-state index in [-0.39, 0.29) is 6.04 Å². The van der Waals surface area contributed by atoms with Crippen molar-refractivity contribution < 1.29 is 0 Å². The summed E-state index contributed by atoms with van der Waals surface area (Å²) in [6, 6.07) is 5.66. The van der Waals surface area contributed by atoms with Crippen LogP contribution >= 0.6 is 23.2 Å². The smallest absolute Gasteiger partial charge is 0.0595 e. The van der Waals surface area contributed by atoms with Gasteiger partial charge in [-0.1, -0.05) is 29.3 Å². The highest BCUT2D eigenvalue weighted by molar-refractivity contribution is 6.42. The minimum atomic E-state index is 0.134. The number of hydrogen-bond donors (Lipinski definition) is 2. The monoisotopic (exact) mass is 218 g/mol. The van der Waals surface area contributed by atoms with E-state index in [4.69, 9.17) is 28.9 Å². The lowest BCUT2D eigenvalue weighted by atomic mass is 10.1. The molecule has 0 fully saturated rings. The van der Waals surface area contributed by atoms with E-state index in [9.17, 15) is 0 Å². The van der Waals surface area contributed by atoms with Crippen molar-refractivity contribution in [1.29, 1.82) is 0 Å². The van der Waals surface area contributed by atoms with Gasteiger partial charge in [0.2, 0.25) is 0 Å². The van der Waals surface area contributed by atoms with Gasteiger partial charge in [0.05, 0.1) is 10.0 Å². The number of nitrogens with two attached hydrogens (primary N) is 1. The average molecular weight is 219 g/mol. The maximum absolute atomic E-state index is 5.87. The first-order valence-corrected chi connectivity index (χ1v) is 4.77. The lowest BCUT2D eigenvalue weighted by Crippen LogP contribution is -2.24. The van der Waals surface area contributed by atoms with Crippen LogP contribution in [0, 0.1) is 0 Å². The summed E-state index contributed by atoms with van der Waals surface area (Å²) >= 11 is 11.7. The van der Waals surface area contributed by atoms with Crippen molar-refractivity contribution in [3.8, 4) is 0 Å². The molecule has 0 saturated heterocycles. The van der Waals surface area contributed by atoms with Crippen molar-refractivity contribution in [2.45, 2.75) is 6.04 Å². The van der Waals surface area contributed by atoms with E-state index in [1.165, 1.54) is 0 Å². The van der Waals surface area contributed by atoms with Crippen LogP contribution in [0.1, 0.15) is 11.6 Å². The molecule has 0 radical (unpaired) electrons. The number of benzene rings is 1. The molecule has 1 aromatic carbocycles. The van der Waals surface area contributed by atoms with Crippen molar-refractivity contribution >= 4 is 23.2 Å². The molecule has 0 spiro atoms. The van der Waals surface area contributed by atoms with Crippen molar-refractivity contribution in [3.05, 3.63) is 33.8 Å². The van der Waals surface area contributed by atoms with Crippen LogP contribution in [-0.4, -0.2) is 13.6 Å². The third kappa shape index (κ3) is 2.58. The molecule has 72 valence electrons. The first kappa shape index (κ1) is 10.8. The standard InChI is InChI=1S/C9H12Cl2N2/c1-13-9(5-12)6-2-3-7(10)8(11)4-6/h2-4,9,13H,5,12H2,1H3. The minimum Gasteiger partial charge on any atom is -0.329 e. The summed E-state index contributed by atoms with van der Waals surface area (Å²) in [4.78, 5) is 0. The molecule has 0 aromatic heterocycles. The molecule has 1 atom stereocenters. The summed E-state index contributed by atoms with van der Waals surface area (Å²) in [5, 5.41) is 4.22. The zero-order chi connectivity index (χ0) is 9.84. The number of halogens is 2. The number of likely N-dealkylation sites (N-methyl/N-ethyl adjacent to an activating group) is 1. The highest BCUT2D eigenvalue weighted by atomic mass is 35.5. The Bertz CT molecular complexity index is 285. The fourth-order valence-electron chi connectivity index (χ4n) is 1.15. The second-order valence-electron chi connectivity index (χ2n) is 2.75. The van der Waals surface area contributed by atoms with Gasteiger partial charge >= 0.3 is 0 Å². The lowest BCUT2D eigenvalue weighted by molar-refractivity contribution is 0.606. The molecule has 0 amide bonds. The van der Waals surface area contributed by atoms with Gasteiger partial charge in [-0.3, -0.25) is 0 Å². The molecule has 0 aliphatic carbocycles. The molecule has 0 aliphatic heterocycles. The van der Waals surface area contributed by atoms with Gasteiger partial charge < -0.3 is 11.1 Å². The van der Waals surface area contributed by atoms with Gasteiger partial charge in [0.25, 0.3) is 0 Å². The van der Waals surface area contributed by atoms with Crippen molar-refractivity contribution in [3.63, 3.8) is 0 Å². The first-order valence-electron chi connectivity index (χ1n) is 4.01. The van der Waals surface area contributed by atoms with Crippen LogP contribution in [0.15, 0.2) is 18.2 Å². The zero-order valence-corrected chi connectivity index (χ0v) is 8.86. The lowest BCUT2D eigenvalue weighted by Gasteiger charge is -2.14. The summed E-state index contributed by atoms with van der Waals surface area (Å²) in [6.07, 6.45) is 0. The molecule has 3 N–H and O–H groups in total. The second kappa shape index (κ2) is 4.82. The fourth-order valence-corrected chi connectivity index (χ4v) is 1.46. The molecule has 4 heteroatoms. The van der Waals surface area contributed by atoms with Gasteiger partial charge in [-0.25, -0.2) is 0 Å². The largest absolute Gasteiger partial charge is 0.329 e. The van der Waals surface area contributed by atoms with Gasteiger partial charge in [-0.05, 0) is 24.7 Å². The average Bonchev–Trinajstić information content (AvgIpc) is 2.13. The van der Waals surface area contributed by atoms with Gasteiger partial charge in [-0.2, -0.15) is 0 Å². The fraction of sp³-hybridized carbons (Fsp3) is 0.333. The maximum atomic E-state index is 5.87. The van der Waals surface area contributed by atoms with Crippen LogP contribution in [0.3, 0.4) is 0 Å². The van der Waals surface area contributed by atoms with Gasteiger partial charge in [0.15, 0.2) is 0 Å². The normalized spacial score (nSPS) is 12.9. The van der Waals surface area contributed by atoms with Crippen LogP contribution in [0.5, 0.6) is 0 Å². The van der Waals surface area contributed by atoms with E-state index < -0.39 is 0 Å². The predicted molar refractivity (Wildman–Crippen MR) is 57.3 cm³/mol. The molecule has 1 rings (SSSR count). The summed E-state index contributed by atoms with van der Waals surface area (Å²) in [5.74, 6) is 0. The molecule has 0 aliphatic rings. The van der Waals surface area contributed by atoms with Gasteiger partial charge in [0.1, 0.15) is 0 Å². The Balaban J connectivity index is 2.95. The molecule has 1 unspecified atom stereocenters. The van der Waals surface area contributed by atoms with Crippen LogP contribution in [-0.2, 0) is 0 Å². The van der Waals surface area contributed by atoms with E-state index in [0.29, 0.717) is 16.6 Å². The van der Waals surface area contributed by atoms with Crippen molar-refractivity contribution in [2.24, 2.45) is 5.73 Å². The van der Waals surface area contributed by atoms with Gasteiger partial charge in [0, 0.05) is 12.6 Å². The Morgan fingerprint density at radius 2 is 2.08 bits per heavy atom. The molecular formula is C9H12Cl2N2. The number of rotatable bonds is 3. The first-order chi connectivity index (χ1) is 6.19. The Labute approximate surface area is 88.0 Å². The molecule has 0 heterocycles. The molecular weight excluding hydrogens is 207 g/mol. The Hall–Kier alpha value is -0.280. The third-order valence-electron chi connectivity index (χ3n) is 1.93. The van der Waals surface area contributed by atoms with Crippen LogP contribution in [0.2, 0.25) is 10.0 Å². The summed E-state index contributed by atoms with van der Waals surface area (Å²) in [5.41, 5.74) is 6.62. The Morgan fingerprint density at radius 1 is 1.38 bits per heavy atom. The van der Waals surface area contributed by atoms with E-state index >= 15 is 0 Å². The molecule has 0 saturated carbocycles. The topological polar surface area (TPSA) is 38.0 Å². The summed E-state index contributed by atoms with van der Waals surface area (Å²) in [7, 11) is 1.86. The Kier molecular flexibility index (Phi) is 4.00. The SMILES string of the molecule is CNC(CN)c1ccc(Cl)c(Cl)c1. The molecule has 1 aromatic rings. The van der Waals surface area contributed by atoms with Crippen molar-refractivity contribution in [1.82, 2.24) is 5.32 Å². The van der Waals surface area contributed by atoms with Crippen LogP contribution in [0.4, 0.5) is 0 Å². The van der Waals surface area contributed by atoms with E-state index in [2.05, 4.69) is 5.32 Å². The quantitative estimate of drug-likeness (QED) is 0.817. The minimum absolute atomic E-state index is 0.134.